The first-order valence-corrected chi connectivity index (χ1v) is 12.8. The minimum absolute atomic E-state index is 0.0759. The highest BCUT2D eigenvalue weighted by Crippen LogP contribution is 2.24. The molecule has 10 heteroatoms. The molecule has 0 spiro atoms. The Labute approximate surface area is 231 Å². The van der Waals surface area contributed by atoms with E-state index in [1.54, 1.807) is 36.4 Å². The number of rotatable bonds is 7. The van der Waals surface area contributed by atoms with Crippen molar-refractivity contribution >= 4 is 29.5 Å². The second-order valence-corrected chi connectivity index (χ2v) is 9.95. The van der Waals surface area contributed by atoms with Crippen LogP contribution < -0.4 is 10.6 Å². The fourth-order valence-electron chi connectivity index (χ4n) is 4.81. The number of aryl methyl sites for hydroxylation is 3. The highest BCUT2D eigenvalue weighted by atomic mass is 19.1. The van der Waals surface area contributed by atoms with Crippen molar-refractivity contribution in [2.75, 3.05) is 18.4 Å². The Morgan fingerprint density at radius 3 is 2.08 bits per heavy atom. The summed E-state index contributed by atoms with van der Waals surface area (Å²) in [6.45, 7) is 5.85. The molecule has 0 saturated carbocycles. The van der Waals surface area contributed by atoms with E-state index >= 15 is 0 Å². The van der Waals surface area contributed by atoms with E-state index < -0.39 is 48.3 Å². The van der Waals surface area contributed by atoms with Crippen molar-refractivity contribution in [1.82, 2.24) is 15.1 Å². The van der Waals surface area contributed by atoms with E-state index in [1.165, 1.54) is 34.1 Å². The fourth-order valence-corrected chi connectivity index (χ4v) is 4.81. The van der Waals surface area contributed by atoms with Crippen molar-refractivity contribution in [3.05, 3.63) is 100 Å². The lowest BCUT2D eigenvalue weighted by atomic mass is 10.0. The Hall–Kier alpha value is -4.73. The Morgan fingerprint density at radius 1 is 0.875 bits per heavy atom. The van der Waals surface area contributed by atoms with Gasteiger partial charge in [0.25, 0.3) is 11.8 Å². The maximum Gasteiger partial charge on any atom is 0.323 e. The molecule has 2 unspecified atom stereocenters. The predicted molar refractivity (Wildman–Crippen MR) is 147 cm³/mol. The number of benzene rings is 3. The molecule has 208 valence electrons. The first kappa shape index (κ1) is 28.3. The maximum absolute atomic E-state index is 13.8. The Kier molecular flexibility index (Phi) is 8.47. The monoisotopic (exact) mass is 546 g/mol. The van der Waals surface area contributed by atoms with Crippen molar-refractivity contribution in [2.45, 2.75) is 39.4 Å². The zero-order valence-corrected chi connectivity index (χ0v) is 22.5. The third-order valence-corrected chi connectivity index (χ3v) is 6.67. The van der Waals surface area contributed by atoms with E-state index in [4.69, 9.17) is 0 Å². The third kappa shape index (κ3) is 6.63. The molecule has 1 aliphatic rings. The average Bonchev–Trinajstić information content (AvgIpc) is 3.33. The van der Waals surface area contributed by atoms with Crippen LogP contribution in [0, 0.1) is 26.6 Å². The number of carbonyl (C=O) groups is 4. The number of amides is 4. The van der Waals surface area contributed by atoms with Gasteiger partial charge in [-0.25, -0.2) is 9.18 Å². The molecule has 1 heterocycles. The van der Waals surface area contributed by atoms with Crippen LogP contribution in [-0.4, -0.2) is 58.0 Å². The van der Waals surface area contributed by atoms with Crippen molar-refractivity contribution in [2.24, 2.45) is 0 Å². The Balaban J connectivity index is 1.65. The summed E-state index contributed by atoms with van der Waals surface area (Å²) in [5, 5.41) is 15.0. The largest absolute Gasteiger partial charge is 0.481 e. The van der Waals surface area contributed by atoms with Crippen LogP contribution >= 0.6 is 0 Å². The van der Waals surface area contributed by atoms with Gasteiger partial charge < -0.3 is 20.6 Å². The molecule has 0 aliphatic carbocycles. The van der Waals surface area contributed by atoms with Gasteiger partial charge in [-0.3, -0.25) is 19.3 Å². The zero-order valence-electron chi connectivity index (χ0n) is 22.5. The SMILES string of the molecule is Cc1ccc(C(=O)N2CCN(C(=O)Nc3cc(C)cc(C)c3)C2C(=O)NC(CC(=O)O)c2ccc(F)cc2)cc1. The smallest absolute Gasteiger partial charge is 0.323 e. The van der Waals surface area contributed by atoms with Crippen molar-refractivity contribution < 1.29 is 28.7 Å². The third-order valence-electron chi connectivity index (χ3n) is 6.67. The number of carbonyl (C=O) groups excluding carboxylic acids is 3. The van der Waals surface area contributed by atoms with Gasteiger partial charge in [0.2, 0.25) is 0 Å². The number of hydrogen-bond donors (Lipinski definition) is 3. The molecule has 9 nitrogen and oxygen atoms in total. The molecule has 40 heavy (non-hydrogen) atoms. The molecule has 1 saturated heterocycles. The van der Waals surface area contributed by atoms with E-state index in [0.29, 0.717) is 16.8 Å². The van der Waals surface area contributed by atoms with E-state index in [2.05, 4.69) is 10.6 Å². The van der Waals surface area contributed by atoms with E-state index in [1.807, 2.05) is 26.8 Å². The van der Waals surface area contributed by atoms with Gasteiger partial charge >= 0.3 is 12.0 Å². The first-order chi connectivity index (χ1) is 19.0. The van der Waals surface area contributed by atoms with Crippen LogP contribution in [0.2, 0.25) is 0 Å². The van der Waals surface area contributed by atoms with Crippen LogP contribution in [0.5, 0.6) is 0 Å². The van der Waals surface area contributed by atoms with Crippen molar-refractivity contribution in [3.63, 3.8) is 0 Å². The van der Waals surface area contributed by atoms with Crippen LogP contribution in [0.25, 0.3) is 0 Å². The lowest BCUT2D eigenvalue weighted by Crippen LogP contribution is -2.55. The van der Waals surface area contributed by atoms with E-state index in [0.717, 1.165) is 16.7 Å². The summed E-state index contributed by atoms with van der Waals surface area (Å²) in [4.78, 5) is 54.9. The van der Waals surface area contributed by atoms with Gasteiger partial charge in [0.15, 0.2) is 6.17 Å². The average molecular weight is 547 g/mol. The minimum atomic E-state index is -1.35. The predicted octanol–water partition coefficient (Wildman–Crippen LogP) is 4.40. The molecular formula is C30H31FN4O5. The molecule has 1 aliphatic heterocycles. The van der Waals surface area contributed by atoms with Crippen LogP contribution in [0.4, 0.5) is 14.9 Å². The number of carboxylic acids is 1. The first-order valence-electron chi connectivity index (χ1n) is 12.8. The standard InChI is InChI=1S/C30H31FN4O5/c1-18-4-6-22(7-5-18)29(39)34-12-13-35(30(40)32-24-15-19(2)14-20(3)16-24)28(34)27(38)33-25(17-26(36)37)21-8-10-23(31)11-9-21/h4-11,14-16,25,28H,12-13,17H2,1-3H3,(H,32,40)(H,33,38)(H,36,37). The van der Waals surface area contributed by atoms with Gasteiger partial charge in [-0.05, 0) is 73.9 Å². The van der Waals surface area contributed by atoms with Gasteiger partial charge in [0.1, 0.15) is 5.82 Å². The molecule has 3 aromatic rings. The molecule has 4 amide bonds. The lowest BCUT2D eigenvalue weighted by molar-refractivity contribution is -0.138. The number of hydrogen-bond acceptors (Lipinski definition) is 4. The quantitative estimate of drug-likeness (QED) is 0.406. The number of anilines is 1. The number of nitrogens with zero attached hydrogens (tertiary/aromatic N) is 2. The molecule has 1 fully saturated rings. The lowest BCUT2D eigenvalue weighted by Gasteiger charge is -2.31. The van der Waals surface area contributed by atoms with Gasteiger partial charge in [-0.1, -0.05) is 35.9 Å². The molecule has 0 aromatic heterocycles. The number of urea groups is 1. The van der Waals surface area contributed by atoms with Crippen molar-refractivity contribution in [1.29, 1.82) is 0 Å². The molecule has 0 bridgehead atoms. The van der Waals surface area contributed by atoms with Crippen LogP contribution in [0.3, 0.4) is 0 Å². The normalized spacial score (nSPS) is 15.4. The molecular weight excluding hydrogens is 515 g/mol. The van der Waals surface area contributed by atoms with Gasteiger partial charge in [-0.15, -0.1) is 0 Å². The van der Waals surface area contributed by atoms with E-state index in [9.17, 15) is 28.7 Å². The second kappa shape index (κ2) is 12.0. The highest BCUT2D eigenvalue weighted by molar-refractivity contribution is 6.00. The number of halogens is 1. The highest BCUT2D eigenvalue weighted by Gasteiger charge is 2.43. The molecule has 2 atom stereocenters. The van der Waals surface area contributed by atoms with Crippen LogP contribution in [0.15, 0.2) is 66.7 Å². The Morgan fingerprint density at radius 2 is 1.48 bits per heavy atom. The minimum Gasteiger partial charge on any atom is -0.481 e. The summed E-state index contributed by atoms with van der Waals surface area (Å²) in [5.41, 5.74) is 4.10. The summed E-state index contributed by atoms with van der Waals surface area (Å²) in [6.07, 6.45) is -1.83. The van der Waals surface area contributed by atoms with Gasteiger partial charge in [-0.2, -0.15) is 0 Å². The zero-order chi connectivity index (χ0) is 29.0. The van der Waals surface area contributed by atoms with Crippen LogP contribution in [0.1, 0.15) is 45.1 Å². The number of carboxylic acid groups (broad SMARTS) is 1. The van der Waals surface area contributed by atoms with Gasteiger partial charge in [0.05, 0.1) is 12.5 Å². The summed E-state index contributed by atoms with van der Waals surface area (Å²) in [7, 11) is 0. The van der Waals surface area contributed by atoms with Gasteiger partial charge in [0, 0.05) is 24.3 Å². The number of aliphatic carboxylic acids is 1. The summed E-state index contributed by atoms with van der Waals surface area (Å²) in [6, 6.07) is 15.9. The number of nitrogens with one attached hydrogen (secondary N) is 2. The topological polar surface area (TPSA) is 119 Å². The summed E-state index contributed by atoms with van der Waals surface area (Å²) < 4.78 is 13.5. The molecule has 0 radical (unpaired) electrons. The second-order valence-electron chi connectivity index (χ2n) is 9.95. The maximum atomic E-state index is 13.8. The summed E-state index contributed by atoms with van der Waals surface area (Å²) >= 11 is 0. The van der Waals surface area contributed by atoms with Crippen LogP contribution in [-0.2, 0) is 9.59 Å². The molecule has 3 aromatic carbocycles. The molecule has 3 N–H and O–H groups in total. The van der Waals surface area contributed by atoms with E-state index in [-0.39, 0.29) is 13.1 Å². The fraction of sp³-hybridized carbons (Fsp3) is 0.267. The summed E-state index contributed by atoms with van der Waals surface area (Å²) in [5.74, 6) is -2.87. The van der Waals surface area contributed by atoms with Crippen molar-refractivity contribution in [3.8, 4) is 0 Å². The molecule has 4 rings (SSSR count). The Bertz CT molecular complexity index is 1400.